The summed E-state index contributed by atoms with van der Waals surface area (Å²) in [5.74, 6) is 0.844. The predicted octanol–water partition coefficient (Wildman–Crippen LogP) is 0.489. The smallest absolute Gasteiger partial charge is 0.0613 e. The average molecular weight is 198 g/mol. The Kier molecular flexibility index (Phi) is 3.10. The molecule has 1 heterocycles. The van der Waals surface area contributed by atoms with Crippen LogP contribution in [0.4, 0.5) is 0 Å². The summed E-state index contributed by atoms with van der Waals surface area (Å²) in [6.07, 6.45) is 4.80. The predicted molar refractivity (Wildman–Crippen MR) is 57.2 cm³/mol. The van der Waals surface area contributed by atoms with Crippen LogP contribution in [-0.4, -0.2) is 36.4 Å². The monoisotopic (exact) mass is 198 g/mol. The van der Waals surface area contributed by atoms with Gasteiger partial charge in [0.1, 0.15) is 0 Å². The zero-order valence-corrected chi connectivity index (χ0v) is 9.05. The lowest BCUT2D eigenvalue weighted by molar-refractivity contribution is 0.0855. The molecule has 2 rings (SSSR count). The van der Waals surface area contributed by atoms with Crippen LogP contribution < -0.4 is 10.6 Å². The van der Waals surface area contributed by atoms with E-state index in [1.54, 1.807) is 0 Å². The molecule has 0 aromatic carbocycles. The zero-order valence-electron chi connectivity index (χ0n) is 9.05. The van der Waals surface area contributed by atoms with Gasteiger partial charge in [0.25, 0.3) is 0 Å². The summed E-state index contributed by atoms with van der Waals surface area (Å²) in [5, 5.41) is 16.4. The first-order valence-electron chi connectivity index (χ1n) is 5.83. The zero-order chi connectivity index (χ0) is 10.0. The Labute approximate surface area is 86.3 Å². The summed E-state index contributed by atoms with van der Waals surface area (Å²) in [5.41, 5.74) is 0.0409. The maximum absolute atomic E-state index is 9.51. The highest BCUT2D eigenvalue weighted by Gasteiger charge is 2.36. The molecule has 1 aliphatic heterocycles. The van der Waals surface area contributed by atoms with E-state index >= 15 is 0 Å². The van der Waals surface area contributed by atoms with E-state index in [1.807, 2.05) is 0 Å². The Morgan fingerprint density at radius 1 is 1.36 bits per heavy atom. The van der Waals surface area contributed by atoms with E-state index in [0.717, 1.165) is 31.8 Å². The lowest BCUT2D eigenvalue weighted by Gasteiger charge is -2.44. The first-order valence-corrected chi connectivity index (χ1v) is 5.83. The molecule has 82 valence electrons. The van der Waals surface area contributed by atoms with Gasteiger partial charge in [0.05, 0.1) is 6.61 Å². The van der Waals surface area contributed by atoms with E-state index in [4.69, 9.17) is 0 Å². The third-order valence-corrected chi connectivity index (χ3v) is 3.83. The van der Waals surface area contributed by atoms with Crippen LogP contribution in [0.3, 0.4) is 0 Å². The van der Waals surface area contributed by atoms with Crippen molar-refractivity contribution < 1.29 is 5.11 Å². The summed E-state index contributed by atoms with van der Waals surface area (Å²) < 4.78 is 0. The van der Waals surface area contributed by atoms with Crippen molar-refractivity contribution in [1.29, 1.82) is 0 Å². The van der Waals surface area contributed by atoms with Gasteiger partial charge in [0.15, 0.2) is 0 Å². The molecule has 1 aliphatic carbocycles. The number of nitrogens with one attached hydrogen (secondary N) is 2. The molecular weight excluding hydrogens is 176 g/mol. The molecule has 1 saturated heterocycles. The van der Waals surface area contributed by atoms with Gasteiger partial charge in [-0.3, -0.25) is 0 Å². The molecule has 0 bridgehead atoms. The van der Waals surface area contributed by atoms with Crippen molar-refractivity contribution in [2.45, 2.75) is 44.2 Å². The summed E-state index contributed by atoms with van der Waals surface area (Å²) in [6.45, 7) is 4.75. The quantitative estimate of drug-likeness (QED) is 0.618. The van der Waals surface area contributed by atoms with Crippen molar-refractivity contribution >= 4 is 0 Å². The van der Waals surface area contributed by atoms with Crippen LogP contribution in [0.1, 0.15) is 32.6 Å². The minimum Gasteiger partial charge on any atom is -0.394 e. The first-order chi connectivity index (χ1) is 6.74. The molecule has 3 nitrogen and oxygen atoms in total. The Bertz CT molecular complexity index is 184. The maximum Gasteiger partial charge on any atom is 0.0613 e. The largest absolute Gasteiger partial charge is 0.394 e. The van der Waals surface area contributed by atoms with Crippen molar-refractivity contribution in [2.24, 2.45) is 5.92 Å². The number of hydrogen-bond acceptors (Lipinski definition) is 3. The fourth-order valence-corrected chi connectivity index (χ4v) is 2.49. The highest BCUT2D eigenvalue weighted by Crippen LogP contribution is 2.32. The molecule has 14 heavy (non-hydrogen) atoms. The van der Waals surface area contributed by atoms with Crippen LogP contribution in [0.2, 0.25) is 0 Å². The van der Waals surface area contributed by atoms with Gasteiger partial charge in [-0.25, -0.2) is 0 Å². The summed E-state index contributed by atoms with van der Waals surface area (Å²) in [6, 6.07) is 0.593. The molecule has 0 atom stereocenters. The van der Waals surface area contributed by atoms with Crippen molar-refractivity contribution in [3.8, 4) is 0 Å². The van der Waals surface area contributed by atoms with Gasteiger partial charge in [-0.05, 0) is 31.6 Å². The Balaban J connectivity index is 1.88. The summed E-state index contributed by atoms with van der Waals surface area (Å²) in [7, 11) is 0. The van der Waals surface area contributed by atoms with E-state index in [2.05, 4.69) is 17.6 Å². The van der Waals surface area contributed by atoms with Crippen LogP contribution in [0.25, 0.3) is 0 Å². The van der Waals surface area contributed by atoms with Gasteiger partial charge in [0, 0.05) is 24.7 Å². The van der Waals surface area contributed by atoms with E-state index in [0.29, 0.717) is 12.6 Å². The van der Waals surface area contributed by atoms with Crippen molar-refractivity contribution in [2.75, 3.05) is 19.7 Å². The van der Waals surface area contributed by atoms with Crippen LogP contribution >= 0.6 is 0 Å². The van der Waals surface area contributed by atoms with Crippen molar-refractivity contribution in [1.82, 2.24) is 10.6 Å². The molecule has 0 radical (unpaired) electrons. The fourth-order valence-electron chi connectivity index (χ4n) is 2.49. The molecule has 2 fully saturated rings. The average Bonchev–Trinajstić information content (AvgIpc) is 2.15. The summed E-state index contributed by atoms with van der Waals surface area (Å²) >= 11 is 0. The molecule has 3 heteroatoms. The second kappa shape index (κ2) is 4.17. The highest BCUT2D eigenvalue weighted by atomic mass is 16.3. The van der Waals surface area contributed by atoms with Gasteiger partial charge < -0.3 is 15.7 Å². The number of aliphatic hydroxyl groups is 1. The third-order valence-electron chi connectivity index (χ3n) is 3.83. The Morgan fingerprint density at radius 2 is 2.00 bits per heavy atom. The number of hydrogen-bond donors (Lipinski definition) is 3. The van der Waals surface area contributed by atoms with Crippen LogP contribution in [0, 0.1) is 5.92 Å². The Morgan fingerprint density at radius 3 is 2.43 bits per heavy atom. The van der Waals surface area contributed by atoms with Crippen LogP contribution in [0.5, 0.6) is 0 Å². The van der Waals surface area contributed by atoms with E-state index in [-0.39, 0.29) is 5.54 Å². The molecule has 0 spiro atoms. The van der Waals surface area contributed by atoms with Crippen LogP contribution in [-0.2, 0) is 0 Å². The standard InChI is InChI=1S/C11H22N2O/c1-9-2-4-11(8-14,5-3-9)13-10-6-12-7-10/h9-10,12-14H,2-8H2,1H3. The molecule has 3 N–H and O–H groups in total. The van der Waals surface area contributed by atoms with Gasteiger partial charge >= 0.3 is 0 Å². The maximum atomic E-state index is 9.51. The third kappa shape index (κ3) is 2.10. The first kappa shape index (κ1) is 10.4. The minimum absolute atomic E-state index is 0.0409. The topological polar surface area (TPSA) is 44.3 Å². The van der Waals surface area contributed by atoms with Gasteiger partial charge in [-0.2, -0.15) is 0 Å². The van der Waals surface area contributed by atoms with Crippen LogP contribution in [0.15, 0.2) is 0 Å². The van der Waals surface area contributed by atoms with Crippen molar-refractivity contribution in [3.63, 3.8) is 0 Å². The van der Waals surface area contributed by atoms with Gasteiger partial charge in [0.2, 0.25) is 0 Å². The lowest BCUT2D eigenvalue weighted by Crippen LogP contribution is -2.64. The lowest BCUT2D eigenvalue weighted by atomic mass is 9.77. The normalized spacial score (nSPS) is 39.4. The highest BCUT2D eigenvalue weighted by molar-refractivity contribution is 4.97. The minimum atomic E-state index is 0.0409. The fraction of sp³-hybridized carbons (Fsp3) is 1.00. The molecule has 1 saturated carbocycles. The van der Waals surface area contributed by atoms with Gasteiger partial charge in [-0.1, -0.05) is 6.92 Å². The molecular formula is C11H22N2O. The molecule has 0 unspecified atom stereocenters. The number of rotatable bonds is 3. The number of aliphatic hydroxyl groups excluding tert-OH is 1. The molecule has 2 aliphatic rings. The van der Waals surface area contributed by atoms with E-state index in [9.17, 15) is 5.11 Å². The second-order valence-electron chi connectivity index (χ2n) is 5.12. The van der Waals surface area contributed by atoms with Crippen molar-refractivity contribution in [3.05, 3.63) is 0 Å². The molecule has 0 aromatic heterocycles. The van der Waals surface area contributed by atoms with Gasteiger partial charge in [-0.15, -0.1) is 0 Å². The Hall–Kier alpha value is -0.120. The van der Waals surface area contributed by atoms with E-state index < -0.39 is 0 Å². The molecule has 0 aromatic rings. The molecule has 0 amide bonds. The second-order valence-corrected chi connectivity index (χ2v) is 5.12. The summed E-state index contributed by atoms with van der Waals surface area (Å²) in [4.78, 5) is 0. The van der Waals surface area contributed by atoms with E-state index in [1.165, 1.54) is 12.8 Å². The SMILES string of the molecule is CC1CCC(CO)(NC2CNC2)CC1.